The quantitative estimate of drug-likeness (QED) is 0.296. The summed E-state index contributed by atoms with van der Waals surface area (Å²) in [4.78, 5) is 32.9. The third kappa shape index (κ3) is 5.38. The molecular formula is C25H23BrN4O2S2. The van der Waals surface area contributed by atoms with Gasteiger partial charge in [-0.2, -0.15) is 0 Å². The summed E-state index contributed by atoms with van der Waals surface area (Å²) in [6.07, 6.45) is 1.71. The predicted molar refractivity (Wildman–Crippen MR) is 143 cm³/mol. The molecule has 0 saturated carbocycles. The Kier molecular flexibility index (Phi) is 7.05. The first-order chi connectivity index (χ1) is 16.5. The number of carbonyl (C=O) groups is 2. The van der Waals surface area contributed by atoms with Crippen molar-refractivity contribution in [3.05, 3.63) is 74.9 Å². The van der Waals surface area contributed by atoms with E-state index in [0.29, 0.717) is 10.0 Å². The Hall–Kier alpha value is -2.59. The molecule has 4 aromatic rings. The number of rotatable bonds is 6. The lowest BCUT2D eigenvalue weighted by atomic mass is 9.95. The molecule has 174 valence electrons. The van der Waals surface area contributed by atoms with Crippen molar-refractivity contribution in [2.75, 3.05) is 23.7 Å². The number of thiazole rings is 1. The van der Waals surface area contributed by atoms with Gasteiger partial charge in [0.25, 0.3) is 5.91 Å². The Labute approximate surface area is 214 Å². The molecular weight excluding hydrogens is 532 g/mol. The van der Waals surface area contributed by atoms with Crippen molar-refractivity contribution in [3.8, 4) is 0 Å². The molecule has 1 saturated heterocycles. The highest BCUT2D eigenvalue weighted by Crippen LogP contribution is 2.31. The van der Waals surface area contributed by atoms with Crippen molar-refractivity contribution in [2.45, 2.75) is 19.4 Å². The fraction of sp³-hybridized carbons (Fsp3) is 0.240. The van der Waals surface area contributed by atoms with Gasteiger partial charge in [-0.3, -0.25) is 19.8 Å². The summed E-state index contributed by atoms with van der Waals surface area (Å²) >= 11 is 6.16. The van der Waals surface area contributed by atoms with Crippen molar-refractivity contribution >= 4 is 71.5 Å². The Bertz CT molecular complexity index is 1310. The number of nitrogens with one attached hydrogen (secondary N) is 2. The van der Waals surface area contributed by atoms with E-state index in [-0.39, 0.29) is 17.7 Å². The fourth-order valence-corrected chi connectivity index (χ4v) is 6.45. The lowest BCUT2D eigenvalue weighted by Crippen LogP contribution is -2.37. The van der Waals surface area contributed by atoms with Crippen LogP contribution >= 0.6 is 38.6 Å². The summed E-state index contributed by atoms with van der Waals surface area (Å²) in [6.45, 7) is 2.77. The lowest BCUT2D eigenvalue weighted by Gasteiger charge is -2.31. The number of nitrogens with zero attached hydrogens (tertiary/aromatic N) is 2. The molecule has 5 rings (SSSR count). The molecule has 0 spiro atoms. The van der Waals surface area contributed by atoms with Crippen LogP contribution in [0.5, 0.6) is 0 Å². The van der Waals surface area contributed by atoms with Crippen molar-refractivity contribution in [1.29, 1.82) is 0 Å². The van der Waals surface area contributed by atoms with E-state index in [4.69, 9.17) is 0 Å². The number of benzene rings is 2. The van der Waals surface area contributed by atoms with Gasteiger partial charge in [0.1, 0.15) is 4.88 Å². The summed E-state index contributed by atoms with van der Waals surface area (Å²) in [5, 5.41) is 8.34. The molecule has 1 fully saturated rings. The number of anilines is 2. The first kappa shape index (κ1) is 23.2. The Balaban J connectivity index is 1.17. The van der Waals surface area contributed by atoms with Crippen LogP contribution in [0.4, 0.5) is 10.8 Å². The van der Waals surface area contributed by atoms with Gasteiger partial charge in [0.2, 0.25) is 5.91 Å². The van der Waals surface area contributed by atoms with E-state index >= 15 is 0 Å². The third-order valence-corrected chi connectivity index (χ3v) is 8.68. The third-order valence-electron chi connectivity index (χ3n) is 5.91. The molecule has 1 aliphatic heterocycles. The zero-order valence-corrected chi connectivity index (χ0v) is 21.5. The second-order valence-corrected chi connectivity index (χ2v) is 11.1. The number of piperidine rings is 1. The number of aromatic nitrogens is 1. The molecule has 9 heteroatoms. The molecule has 0 unspecified atom stereocenters. The molecule has 0 atom stereocenters. The highest BCUT2D eigenvalue weighted by Gasteiger charge is 2.25. The topological polar surface area (TPSA) is 74.3 Å². The molecule has 2 N–H and O–H groups in total. The van der Waals surface area contributed by atoms with Crippen LogP contribution in [-0.2, 0) is 11.3 Å². The van der Waals surface area contributed by atoms with Crippen molar-refractivity contribution in [3.63, 3.8) is 0 Å². The highest BCUT2D eigenvalue weighted by atomic mass is 79.9. The molecule has 34 heavy (non-hydrogen) atoms. The molecule has 2 aromatic carbocycles. The van der Waals surface area contributed by atoms with Gasteiger partial charge in [0.05, 0.1) is 10.2 Å². The summed E-state index contributed by atoms with van der Waals surface area (Å²) in [5.74, 6) is -0.101. The van der Waals surface area contributed by atoms with Gasteiger partial charge in [-0.1, -0.05) is 41.7 Å². The second-order valence-electron chi connectivity index (χ2n) is 8.28. The standard InChI is InChI=1S/C25H23BrN4O2S2/c26-19-10-13-33-22(19)24(32)29-25-28-20-7-6-18(14-21(20)34-25)27-23(31)17-8-11-30(12-9-17)15-16-4-2-1-3-5-16/h1-7,10,13-14,17H,8-9,11-12,15H2,(H,27,31)(H,28,29,32). The van der Waals surface area contributed by atoms with Gasteiger partial charge in [0, 0.05) is 22.6 Å². The average Bonchev–Trinajstić information content (AvgIpc) is 3.45. The summed E-state index contributed by atoms with van der Waals surface area (Å²) in [6, 6.07) is 18.0. The maximum absolute atomic E-state index is 12.9. The summed E-state index contributed by atoms with van der Waals surface area (Å²) < 4.78 is 1.68. The minimum Gasteiger partial charge on any atom is -0.326 e. The number of thiophene rings is 1. The largest absolute Gasteiger partial charge is 0.326 e. The fourth-order valence-electron chi connectivity index (χ4n) is 4.10. The average molecular weight is 556 g/mol. The Morgan fingerprint density at radius 2 is 1.85 bits per heavy atom. The zero-order valence-electron chi connectivity index (χ0n) is 18.3. The van der Waals surface area contributed by atoms with E-state index < -0.39 is 0 Å². The van der Waals surface area contributed by atoms with Gasteiger partial charge in [0.15, 0.2) is 5.13 Å². The SMILES string of the molecule is O=C(Nc1nc2ccc(NC(=O)C3CCN(Cc4ccccc4)CC3)cc2s1)c1sccc1Br. The lowest BCUT2D eigenvalue weighted by molar-refractivity contribution is -0.121. The predicted octanol–water partition coefficient (Wildman–Crippen LogP) is 6.22. The van der Waals surface area contributed by atoms with Crippen LogP contribution in [0, 0.1) is 5.92 Å². The van der Waals surface area contributed by atoms with Crippen LogP contribution in [0.1, 0.15) is 28.1 Å². The van der Waals surface area contributed by atoms with Crippen LogP contribution in [-0.4, -0.2) is 34.8 Å². The number of halogens is 1. The summed E-state index contributed by atoms with van der Waals surface area (Å²) in [7, 11) is 0. The minimum absolute atomic E-state index is 0.0169. The second kappa shape index (κ2) is 10.4. The smallest absolute Gasteiger partial charge is 0.268 e. The molecule has 2 amide bonds. The van der Waals surface area contributed by atoms with E-state index in [9.17, 15) is 9.59 Å². The number of hydrogen-bond acceptors (Lipinski definition) is 6. The molecule has 0 bridgehead atoms. The van der Waals surface area contributed by atoms with Crippen molar-refractivity contribution in [1.82, 2.24) is 9.88 Å². The number of likely N-dealkylation sites (tertiary alicyclic amines) is 1. The van der Waals surface area contributed by atoms with Crippen molar-refractivity contribution in [2.24, 2.45) is 5.92 Å². The van der Waals surface area contributed by atoms with Crippen LogP contribution in [0.3, 0.4) is 0 Å². The van der Waals surface area contributed by atoms with E-state index in [1.165, 1.54) is 28.2 Å². The zero-order chi connectivity index (χ0) is 23.5. The molecule has 6 nitrogen and oxygen atoms in total. The molecule has 0 aliphatic carbocycles. The van der Waals surface area contributed by atoms with E-state index in [1.54, 1.807) is 0 Å². The monoisotopic (exact) mass is 554 g/mol. The van der Waals surface area contributed by atoms with E-state index in [0.717, 1.165) is 52.9 Å². The van der Waals surface area contributed by atoms with Gasteiger partial charge in [-0.05, 0) is 77.1 Å². The number of carbonyl (C=O) groups excluding carboxylic acids is 2. The minimum atomic E-state index is -0.187. The normalized spacial score (nSPS) is 14.9. The number of amides is 2. The maximum atomic E-state index is 12.9. The van der Waals surface area contributed by atoms with Gasteiger partial charge in [-0.15, -0.1) is 11.3 Å². The first-order valence-corrected chi connectivity index (χ1v) is 13.6. The highest BCUT2D eigenvalue weighted by molar-refractivity contribution is 9.10. The summed E-state index contributed by atoms with van der Waals surface area (Å²) in [5.41, 5.74) is 2.85. The first-order valence-electron chi connectivity index (χ1n) is 11.1. The maximum Gasteiger partial charge on any atom is 0.268 e. The van der Waals surface area contributed by atoms with Crippen molar-refractivity contribution < 1.29 is 9.59 Å². The molecule has 1 aliphatic rings. The number of hydrogen-bond donors (Lipinski definition) is 2. The van der Waals surface area contributed by atoms with Gasteiger partial charge < -0.3 is 5.32 Å². The van der Waals surface area contributed by atoms with Crippen LogP contribution in [0.2, 0.25) is 0 Å². The molecule has 0 radical (unpaired) electrons. The van der Waals surface area contributed by atoms with E-state index in [2.05, 4.69) is 60.7 Å². The van der Waals surface area contributed by atoms with Crippen LogP contribution < -0.4 is 10.6 Å². The van der Waals surface area contributed by atoms with E-state index in [1.807, 2.05) is 35.7 Å². The van der Waals surface area contributed by atoms with Gasteiger partial charge in [-0.25, -0.2) is 4.98 Å². The Morgan fingerprint density at radius 3 is 2.59 bits per heavy atom. The van der Waals surface area contributed by atoms with Crippen LogP contribution in [0.25, 0.3) is 10.2 Å². The van der Waals surface area contributed by atoms with Gasteiger partial charge >= 0.3 is 0 Å². The van der Waals surface area contributed by atoms with Crippen LogP contribution in [0.15, 0.2) is 64.5 Å². The Morgan fingerprint density at radius 1 is 1.06 bits per heavy atom. The molecule has 2 aromatic heterocycles. The molecule has 3 heterocycles. The number of fused-ring (bicyclic) bond motifs is 1.